The van der Waals surface area contributed by atoms with E-state index in [1.165, 1.54) is 12.8 Å². The highest BCUT2D eigenvalue weighted by atomic mass is 16.6. The molecule has 164 valence electrons. The van der Waals surface area contributed by atoms with E-state index in [0.29, 0.717) is 0 Å². The number of nitrogens with one attached hydrogen (secondary N) is 1. The molecule has 5 heteroatoms. The Labute approximate surface area is 174 Å². The molecule has 0 amide bonds. The lowest BCUT2D eigenvalue weighted by Crippen LogP contribution is -2.71. The van der Waals surface area contributed by atoms with Crippen LogP contribution in [0.5, 0.6) is 0 Å². The first-order valence-electron chi connectivity index (χ1n) is 11.7. The van der Waals surface area contributed by atoms with Crippen LogP contribution in [-0.2, 0) is 9.47 Å². The highest BCUT2D eigenvalue weighted by molar-refractivity contribution is 5.16. The maximum absolute atomic E-state index is 11.1. The summed E-state index contributed by atoms with van der Waals surface area (Å²) in [5.74, 6) is -1.90. The van der Waals surface area contributed by atoms with Crippen molar-refractivity contribution in [2.24, 2.45) is 21.7 Å². The van der Waals surface area contributed by atoms with Gasteiger partial charge in [0.15, 0.2) is 11.6 Å². The Morgan fingerprint density at radius 1 is 0.552 bits per heavy atom. The van der Waals surface area contributed by atoms with Gasteiger partial charge in [-0.1, -0.05) is 27.7 Å². The lowest BCUT2D eigenvalue weighted by atomic mass is 9.48. The maximum Gasteiger partial charge on any atom is 0.167 e. The molecule has 8 rings (SSSR count). The molecule has 4 unspecified atom stereocenters. The zero-order valence-corrected chi connectivity index (χ0v) is 18.7. The van der Waals surface area contributed by atoms with E-state index < -0.39 is 11.6 Å². The van der Waals surface area contributed by atoms with Crippen LogP contribution in [0, 0.1) is 21.7 Å². The molecule has 0 radical (unpaired) electrons. The fraction of sp³-hybridized carbons (Fsp3) is 1.00. The van der Waals surface area contributed by atoms with Gasteiger partial charge in [-0.3, -0.25) is 0 Å². The van der Waals surface area contributed by atoms with Crippen LogP contribution in [0.4, 0.5) is 0 Å². The smallest absolute Gasteiger partial charge is 0.167 e. The van der Waals surface area contributed by atoms with Crippen LogP contribution in [0.3, 0.4) is 0 Å². The van der Waals surface area contributed by atoms with E-state index in [-0.39, 0.29) is 32.9 Å². The molecule has 4 saturated heterocycles. The fourth-order valence-corrected chi connectivity index (χ4v) is 10.8. The van der Waals surface area contributed by atoms with Gasteiger partial charge in [0, 0.05) is 38.8 Å². The Hall–Kier alpha value is -0.200. The maximum atomic E-state index is 11.1. The number of aliphatic hydroxyl groups is 2. The van der Waals surface area contributed by atoms with Crippen LogP contribution in [0.1, 0.15) is 91.9 Å². The van der Waals surface area contributed by atoms with Gasteiger partial charge in [-0.2, -0.15) is 0 Å². The first kappa shape index (κ1) is 19.5. The Morgan fingerprint density at radius 3 is 1.14 bits per heavy atom. The van der Waals surface area contributed by atoms with Crippen molar-refractivity contribution in [2.45, 2.75) is 115 Å². The first-order chi connectivity index (χ1) is 13.2. The highest BCUT2D eigenvalue weighted by Crippen LogP contribution is 2.68. The SMILES string of the molecule is CC12CC3(C)CC(O)(C1)OC(CNCC14CC5(C)CC(C)(CC(O)(C5)O1)C4)(C2)C3. The minimum Gasteiger partial charge on any atom is -0.365 e. The molecular weight excluding hydrogens is 366 g/mol. The third-order valence-corrected chi connectivity index (χ3v) is 9.22. The summed E-state index contributed by atoms with van der Waals surface area (Å²) in [5.41, 5.74) is 0.140. The lowest BCUT2D eigenvalue weighted by Gasteiger charge is -2.68. The Kier molecular flexibility index (Phi) is 3.40. The molecule has 0 aromatic heterocycles. The summed E-state index contributed by atoms with van der Waals surface area (Å²) < 4.78 is 12.8. The van der Waals surface area contributed by atoms with Gasteiger partial charge in [0.25, 0.3) is 0 Å². The lowest BCUT2D eigenvalue weighted by molar-refractivity contribution is -0.389. The molecule has 4 aliphatic carbocycles. The molecular formula is C24H39NO4. The van der Waals surface area contributed by atoms with Gasteiger partial charge in [-0.25, -0.2) is 0 Å². The van der Waals surface area contributed by atoms with Crippen molar-refractivity contribution in [2.75, 3.05) is 13.1 Å². The summed E-state index contributed by atoms with van der Waals surface area (Å²) in [6.45, 7) is 10.9. The summed E-state index contributed by atoms with van der Waals surface area (Å²) in [7, 11) is 0. The summed E-state index contributed by atoms with van der Waals surface area (Å²) in [6.07, 6.45) is 9.59. The van der Waals surface area contributed by atoms with E-state index >= 15 is 0 Å². The van der Waals surface area contributed by atoms with Crippen molar-refractivity contribution in [3.05, 3.63) is 0 Å². The van der Waals surface area contributed by atoms with E-state index in [0.717, 1.165) is 64.5 Å². The van der Waals surface area contributed by atoms with Crippen molar-refractivity contribution in [3.63, 3.8) is 0 Å². The molecule has 8 fully saturated rings. The van der Waals surface area contributed by atoms with E-state index in [9.17, 15) is 10.2 Å². The molecule has 4 atom stereocenters. The third kappa shape index (κ3) is 2.91. The van der Waals surface area contributed by atoms with Gasteiger partial charge in [0.05, 0.1) is 11.2 Å². The molecule has 8 aliphatic rings. The van der Waals surface area contributed by atoms with Crippen LogP contribution in [0.15, 0.2) is 0 Å². The monoisotopic (exact) mass is 405 g/mol. The minimum absolute atomic E-state index is 0.174. The van der Waals surface area contributed by atoms with Crippen molar-refractivity contribution in [1.29, 1.82) is 0 Å². The van der Waals surface area contributed by atoms with Crippen molar-refractivity contribution >= 4 is 0 Å². The molecule has 0 aromatic carbocycles. The fourth-order valence-electron chi connectivity index (χ4n) is 10.8. The molecule has 8 bridgehead atoms. The molecule has 5 nitrogen and oxygen atoms in total. The number of ether oxygens (including phenoxy) is 2. The van der Waals surface area contributed by atoms with Crippen LogP contribution >= 0.6 is 0 Å². The minimum atomic E-state index is -0.951. The third-order valence-electron chi connectivity index (χ3n) is 9.22. The standard InChI is InChI=1S/C24H39NO4/c1-17-5-18(2)8-21(7-17,28-23(26,11-17)12-18)15-25-16-22-9-19(3)6-20(4,10-22)14-24(27,13-19)29-22/h25-27H,5-16H2,1-4H3. The van der Waals surface area contributed by atoms with Gasteiger partial charge in [-0.15, -0.1) is 0 Å². The molecule has 0 spiro atoms. The van der Waals surface area contributed by atoms with Crippen LogP contribution < -0.4 is 5.32 Å². The van der Waals surface area contributed by atoms with Gasteiger partial charge < -0.3 is 25.0 Å². The number of rotatable bonds is 4. The second kappa shape index (κ2) is 5.06. The van der Waals surface area contributed by atoms with E-state index in [2.05, 4.69) is 33.0 Å². The van der Waals surface area contributed by atoms with Crippen LogP contribution in [0.25, 0.3) is 0 Å². The van der Waals surface area contributed by atoms with Crippen molar-refractivity contribution < 1.29 is 19.7 Å². The predicted molar refractivity (Wildman–Crippen MR) is 109 cm³/mol. The van der Waals surface area contributed by atoms with Crippen LogP contribution in [0.2, 0.25) is 0 Å². The summed E-state index contributed by atoms with van der Waals surface area (Å²) in [4.78, 5) is 0. The van der Waals surface area contributed by atoms with Gasteiger partial charge in [-0.05, 0) is 60.2 Å². The zero-order chi connectivity index (χ0) is 20.6. The second-order valence-corrected chi connectivity index (χ2v) is 14.1. The van der Waals surface area contributed by atoms with Crippen LogP contribution in [-0.4, -0.2) is 46.1 Å². The number of hydrogen-bond acceptors (Lipinski definition) is 5. The van der Waals surface area contributed by atoms with Gasteiger partial charge in [0.1, 0.15) is 0 Å². The molecule has 3 N–H and O–H groups in total. The quantitative estimate of drug-likeness (QED) is 0.668. The first-order valence-corrected chi connectivity index (χ1v) is 11.7. The molecule has 4 aliphatic heterocycles. The summed E-state index contributed by atoms with van der Waals surface area (Å²) >= 11 is 0. The summed E-state index contributed by atoms with van der Waals surface area (Å²) in [5, 5.41) is 26.0. The van der Waals surface area contributed by atoms with E-state index in [1.54, 1.807) is 0 Å². The Balaban J connectivity index is 1.21. The molecule has 0 aromatic rings. The average Bonchev–Trinajstić information content (AvgIpc) is 2.34. The highest BCUT2D eigenvalue weighted by Gasteiger charge is 2.68. The Morgan fingerprint density at radius 2 is 0.862 bits per heavy atom. The molecule has 29 heavy (non-hydrogen) atoms. The summed E-state index contributed by atoms with van der Waals surface area (Å²) in [6, 6.07) is 0. The average molecular weight is 406 g/mol. The second-order valence-electron chi connectivity index (χ2n) is 14.1. The van der Waals surface area contributed by atoms with Gasteiger partial charge >= 0.3 is 0 Å². The van der Waals surface area contributed by atoms with E-state index in [4.69, 9.17) is 9.47 Å². The Bertz CT molecular complexity index is 595. The largest absolute Gasteiger partial charge is 0.365 e. The van der Waals surface area contributed by atoms with E-state index in [1.807, 2.05) is 0 Å². The molecule has 4 heterocycles. The normalized spacial score (nSPS) is 64.8. The zero-order valence-electron chi connectivity index (χ0n) is 18.7. The number of hydrogen-bond donors (Lipinski definition) is 3. The van der Waals surface area contributed by atoms with Crippen molar-refractivity contribution in [1.82, 2.24) is 5.32 Å². The molecule has 4 saturated carbocycles. The van der Waals surface area contributed by atoms with Crippen molar-refractivity contribution in [3.8, 4) is 0 Å². The topological polar surface area (TPSA) is 71.0 Å². The van der Waals surface area contributed by atoms with Gasteiger partial charge in [0.2, 0.25) is 0 Å². The predicted octanol–water partition coefficient (Wildman–Crippen LogP) is 3.47.